The van der Waals surface area contributed by atoms with Crippen LogP contribution >= 0.6 is 0 Å². The summed E-state index contributed by atoms with van der Waals surface area (Å²) in [6, 6.07) is 0.511. The average Bonchev–Trinajstić information content (AvgIpc) is 2.75. The quantitative estimate of drug-likeness (QED) is 0.818. The molecule has 3 rings (SSSR count). The highest BCUT2D eigenvalue weighted by molar-refractivity contribution is 5.31. The Kier molecular flexibility index (Phi) is 3.97. The van der Waals surface area contributed by atoms with E-state index in [0.717, 1.165) is 31.8 Å². The maximum absolute atomic E-state index is 5.74. The van der Waals surface area contributed by atoms with Crippen molar-refractivity contribution in [3.05, 3.63) is 17.5 Å². The van der Waals surface area contributed by atoms with Gasteiger partial charge in [-0.05, 0) is 63.0 Å². The Balaban J connectivity index is 1.67. The number of nitrogens with one attached hydrogen (secondary N) is 1. The van der Waals surface area contributed by atoms with Crippen LogP contribution in [0.1, 0.15) is 49.8 Å². The smallest absolute Gasteiger partial charge is 0.223 e. The van der Waals surface area contributed by atoms with E-state index in [-0.39, 0.29) is 0 Å². The first-order chi connectivity index (χ1) is 9.35. The van der Waals surface area contributed by atoms with Crippen molar-refractivity contribution in [3.8, 4) is 0 Å². The van der Waals surface area contributed by atoms with Crippen LogP contribution in [0.2, 0.25) is 0 Å². The summed E-state index contributed by atoms with van der Waals surface area (Å²) in [5.74, 6) is 1.50. The monoisotopic (exact) mass is 260 g/mol. The van der Waals surface area contributed by atoms with Gasteiger partial charge in [-0.25, -0.2) is 9.97 Å². The maximum Gasteiger partial charge on any atom is 0.223 e. The van der Waals surface area contributed by atoms with Crippen molar-refractivity contribution in [1.82, 2.24) is 9.97 Å². The number of nitrogens with two attached hydrogens (primary N) is 1. The molecular weight excluding hydrogens is 236 g/mol. The van der Waals surface area contributed by atoms with Crippen molar-refractivity contribution in [2.75, 3.05) is 11.9 Å². The van der Waals surface area contributed by atoms with Crippen LogP contribution in [0.5, 0.6) is 0 Å². The first-order valence-electron chi connectivity index (χ1n) is 7.66. The highest BCUT2D eigenvalue weighted by Gasteiger charge is 2.24. The summed E-state index contributed by atoms with van der Waals surface area (Å²) in [6.45, 7) is 0.809. The largest absolute Gasteiger partial charge is 0.351 e. The summed E-state index contributed by atoms with van der Waals surface area (Å²) in [5, 5.41) is 3.50. The number of hydrogen-bond donors (Lipinski definition) is 2. The van der Waals surface area contributed by atoms with Gasteiger partial charge in [-0.2, -0.15) is 0 Å². The van der Waals surface area contributed by atoms with Crippen molar-refractivity contribution in [3.63, 3.8) is 0 Å². The summed E-state index contributed by atoms with van der Waals surface area (Å²) in [6.07, 6.45) is 11.8. The molecule has 2 unspecified atom stereocenters. The Hall–Kier alpha value is -1.16. The SMILES string of the molecule is NCC1CCC(Nc2ncc3c(n2)CCCCC3)C1. The second kappa shape index (κ2) is 5.87. The third kappa shape index (κ3) is 3.06. The topological polar surface area (TPSA) is 63.8 Å². The molecule has 2 atom stereocenters. The maximum atomic E-state index is 5.74. The van der Waals surface area contributed by atoms with Gasteiger partial charge >= 0.3 is 0 Å². The summed E-state index contributed by atoms with van der Waals surface area (Å²) in [4.78, 5) is 9.23. The van der Waals surface area contributed by atoms with Crippen LogP contribution in [0.4, 0.5) is 5.95 Å². The Morgan fingerprint density at radius 2 is 2.11 bits per heavy atom. The summed E-state index contributed by atoms with van der Waals surface area (Å²) in [7, 11) is 0. The predicted molar refractivity (Wildman–Crippen MR) is 77.1 cm³/mol. The molecule has 1 heterocycles. The molecule has 0 bridgehead atoms. The van der Waals surface area contributed by atoms with Gasteiger partial charge in [0.1, 0.15) is 0 Å². The van der Waals surface area contributed by atoms with Crippen LogP contribution in [-0.2, 0) is 12.8 Å². The van der Waals surface area contributed by atoms with E-state index < -0.39 is 0 Å². The van der Waals surface area contributed by atoms with Crippen LogP contribution in [0, 0.1) is 5.92 Å². The molecule has 2 aliphatic carbocycles. The van der Waals surface area contributed by atoms with E-state index in [4.69, 9.17) is 10.7 Å². The van der Waals surface area contributed by atoms with Gasteiger partial charge in [-0.1, -0.05) is 6.42 Å². The third-order valence-electron chi connectivity index (χ3n) is 4.52. The fraction of sp³-hybridized carbons (Fsp3) is 0.733. The number of hydrogen-bond acceptors (Lipinski definition) is 4. The van der Waals surface area contributed by atoms with Crippen molar-refractivity contribution >= 4 is 5.95 Å². The van der Waals surface area contributed by atoms with Crippen molar-refractivity contribution in [2.45, 2.75) is 57.4 Å². The molecule has 0 amide bonds. The lowest BCUT2D eigenvalue weighted by Gasteiger charge is -2.14. The van der Waals surface area contributed by atoms with Crippen LogP contribution in [0.3, 0.4) is 0 Å². The molecule has 0 saturated heterocycles. The average molecular weight is 260 g/mol. The van der Waals surface area contributed by atoms with E-state index >= 15 is 0 Å². The van der Waals surface area contributed by atoms with Gasteiger partial charge in [0.05, 0.1) is 0 Å². The van der Waals surface area contributed by atoms with E-state index in [1.54, 1.807) is 0 Å². The zero-order valence-corrected chi connectivity index (χ0v) is 11.6. The highest BCUT2D eigenvalue weighted by atomic mass is 15.1. The molecule has 1 saturated carbocycles. The Morgan fingerprint density at radius 3 is 2.95 bits per heavy atom. The number of aryl methyl sites for hydroxylation is 2. The molecule has 104 valence electrons. The van der Waals surface area contributed by atoms with Gasteiger partial charge < -0.3 is 11.1 Å². The lowest BCUT2D eigenvalue weighted by molar-refractivity contribution is 0.555. The van der Waals surface area contributed by atoms with Crippen LogP contribution in [-0.4, -0.2) is 22.6 Å². The van der Waals surface area contributed by atoms with Crippen molar-refractivity contribution in [2.24, 2.45) is 11.7 Å². The molecule has 4 nitrogen and oxygen atoms in total. The zero-order chi connectivity index (χ0) is 13.1. The Labute approximate surface area is 115 Å². The molecule has 1 aromatic rings. The Morgan fingerprint density at radius 1 is 1.21 bits per heavy atom. The molecule has 0 radical (unpaired) electrons. The lowest BCUT2D eigenvalue weighted by Crippen LogP contribution is -2.20. The van der Waals surface area contributed by atoms with Crippen molar-refractivity contribution < 1.29 is 0 Å². The first kappa shape index (κ1) is 12.9. The fourth-order valence-electron chi connectivity index (χ4n) is 3.32. The summed E-state index contributed by atoms with van der Waals surface area (Å²) in [5.41, 5.74) is 8.36. The van der Waals surface area contributed by atoms with Crippen LogP contribution in [0.25, 0.3) is 0 Å². The highest BCUT2D eigenvalue weighted by Crippen LogP contribution is 2.27. The molecular formula is C15H24N4. The van der Waals surface area contributed by atoms with Gasteiger partial charge in [0.25, 0.3) is 0 Å². The molecule has 2 aliphatic rings. The number of rotatable bonds is 3. The van der Waals surface area contributed by atoms with E-state index in [2.05, 4.69) is 10.3 Å². The minimum Gasteiger partial charge on any atom is -0.351 e. The molecule has 3 N–H and O–H groups in total. The number of anilines is 1. The number of aromatic nitrogens is 2. The van der Waals surface area contributed by atoms with Crippen molar-refractivity contribution in [1.29, 1.82) is 0 Å². The third-order valence-corrected chi connectivity index (χ3v) is 4.52. The lowest BCUT2D eigenvalue weighted by atomic mass is 10.1. The van der Waals surface area contributed by atoms with Gasteiger partial charge in [-0.15, -0.1) is 0 Å². The molecule has 0 spiro atoms. The summed E-state index contributed by atoms with van der Waals surface area (Å²) >= 11 is 0. The minimum atomic E-state index is 0.511. The molecule has 0 aromatic carbocycles. The molecule has 0 aliphatic heterocycles. The fourth-order valence-corrected chi connectivity index (χ4v) is 3.32. The van der Waals surface area contributed by atoms with E-state index in [1.807, 2.05) is 6.20 Å². The van der Waals surface area contributed by atoms with Gasteiger partial charge in [0.2, 0.25) is 5.95 Å². The molecule has 19 heavy (non-hydrogen) atoms. The number of fused-ring (bicyclic) bond motifs is 1. The second-order valence-electron chi connectivity index (χ2n) is 5.98. The van der Waals surface area contributed by atoms with Crippen LogP contribution in [0.15, 0.2) is 6.20 Å². The minimum absolute atomic E-state index is 0.511. The predicted octanol–water partition coefficient (Wildman–Crippen LogP) is 2.28. The molecule has 4 heteroatoms. The van der Waals surface area contributed by atoms with E-state index in [0.29, 0.717) is 12.0 Å². The van der Waals surface area contributed by atoms with E-state index in [1.165, 1.54) is 43.4 Å². The van der Waals surface area contributed by atoms with Gasteiger partial charge in [0, 0.05) is 17.9 Å². The van der Waals surface area contributed by atoms with E-state index in [9.17, 15) is 0 Å². The van der Waals surface area contributed by atoms with Gasteiger partial charge in [0.15, 0.2) is 0 Å². The Bertz CT molecular complexity index is 432. The normalized spacial score (nSPS) is 26.8. The molecule has 1 fully saturated rings. The molecule has 1 aromatic heterocycles. The summed E-state index contributed by atoms with van der Waals surface area (Å²) < 4.78 is 0. The van der Waals surface area contributed by atoms with Crippen LogP contribution < -0.4 is 11.1 Å². The zero-order valence-electron chi connectivity index (χ0n) is 11.6. The van der Waals surface area contributed by atoms with Gasteiger partial charge in [-0.3, -0.25) is 0 Å². The number of nitrogens with zero attached hydrogens (tertiary/aromatic N) is 2. The second-order valence-corrected chi connectivity index (χ2v) is 5.98. The first-order valence-corrected chi connectivity index (χ1v) is 7.66. The standard InChI is InChI=1S/C15H24N4/c16-9-11-6-7-13(8-11)18-15-17-10-12-4-2-1-3-5-14(12)19-15/h10-11,13H,1-9,16H2,(H,17,18,19).